The number of ether oxygens (including phenoxy) is 2. The number of aryl methyl sites for hydroxylation is 1. The molecule has 0 saturated carbocycles. The van der Waals surface area contributed by atoms with Gasteiger partial charge in [-0.25, -0.2) is 0 Å². The molecule has 1 rings (SSSR count). The van der Waals surface area contributed by atoms with Crippen molar-refractivity contribution < 1.29 is 9.47 Å². The molecule has 0 aromatic heterocycles. The van der Waals surface area contributed by atoms with Crippen LogP contribution in [0.2, 0.25) is 5.02 Å². The fourth-order valence-electron chi connectivity index (χ4n) is 1.53. The van der Waals surface area contributed by atoms with Gasteiger partial charge in [-0.2, -0.15) is 0 Å². The molecule has 1 aromatic carbocycles. The van der Waals surface area contributed by atoms with Gasteiger partial charge in [0, 0.05) is 12.1 Å². The molecule has 0 heterocycles. The molecule has 0 saturated heterocycles. The number of benzene rings is 1. The predicted octanol–water partition coefficient (Wildman–Crippen LogP) is 2.64. The maximum Gasteiger partial charge on any atom is 0.180 e. The van der Waals surface area contributed by atoms with Crippen LogP contribution in [-0.4, -0.2) is 20.8 Å². The first-order valence-corrected chi connectivity index (χ1v) is 5.31. The molecule has 0 atom stereocenters. The molecule has 0 aliphatic carbocycles. The van der Waals surface area contributed by atoms with Crippen molar-refractivity contribution >= 4 is 17.7 Å². The van der Waals surface area contributed by atoms with Crippen molar-refractivity contribution in [1.82, 2.24) is 0 Å². The van der Waals surface area contributed by atoms with Crippen LogP contribution in [0, 0.1) is 6.92 Å². The lowest BCUT2D eigenvalue weighted by molar-refractivity contribution is 0.354. The van der Waals surface area contributed by atoms with Crippen LogP contribution in [0.1, 0.15) is 11.1 Å². The van der Waals surface area contributed by atoms with Crippen molar-refractivity contribution in [3.8, 4) is 11.5 Å². The predicted molar refractivity (Wildman–Crippen MR) is 67.4 cm³/mol. The average molecular weight is 242 g/mol. The van der Waals surface area contributed by atoms with Crippen molar-refractivity contribution in [2.24, 2.45) is 5.73 Å². The van der Waals surface area contributed by atoms with Crippen molar-refractivity contribution in [2.75, 3.05) is 20.8 Å². The smallest absolute Gasteiger partial charge is 0.180 e. The van der Waals surface area contributed by atoms with E-state index in [0.29, 0.717) is 23.1 Å². The van der Waals surface area contributed by atoms with Gasteiger partial charge in [-0.3, -0.25) is 0 Å². The first kappa shape index (κ1) is 12.9. The third-order valence-electron chi connectivity index (χ3n) is 2.26. The molecule has 2 N–H and O–H groups in total. The highest BCUT2D eigenvalue weighted by molar-refractivity contribution is 6.32. The van der Waals surface area contributed by atoms with Crippen LogP contribution >= 0.6 is 11.6 Å². The summed E-state index contributed by atoms with van der Waals surface area (Å²) in [5.74, 6) is 1.18. The summed E-state index contributed by atoms with van der Waals surface area (Å²) < 4.78 is 10.5. The third kappa shape index (κ3) is 2.49. The highest BCUT2D eigenvalue weighted by Crippen LogP contribution is 2.40. The molecule has 4 heteroatoms. The van der Waals surface area contributed by atoms with E-state index in [9.17, 15) is 0 Å². The molecule has 1 aromatic rings. The minimum Gasteiger partial charge on any atom is -0.492 e. The minimum atomic E-state index is 0.480. The van der Waals surface area contributed by atoms with E-state index < -0.39 is 0 Å². The second-order valence-corrected chi connectivity index (χ2v) is 3.70. The number of hydrogen-bond donors (Lipinski definition) is 1. The monoisotopic (exact) mass is 241 g/mol. The summed E-state index contributed by atoms with van der Waals surface area (Å²) in [6.07, 6.45) is 3.77. The Balaban J connectivity index is 3.39. The molecule has 0 aliphatic rings. The molecular formula is C12H16ClNO2. The van der Waals surface area contributed by atoms with Crippen LogP contribution in [0.15, 0.2) is 12.1 Å². The molecule has 0 fully saturated rings. The topological polar surface area (TPSA) is 44.5 Å². The van der Waals surface area contributed by atoms with Crippen LogP contribution in [-0.2, 0) is 0 Å². The zero-order chi connectivity index (χ0) is 12.1. The van der Waals surface area contributed by atoms with E-state index in [4.69, 9.17) is 26.8 Å². The molecular weight excluding hydrogens is 226 g/mol. The van der Waals surface area contributed by atoms with Gasteiger partial charge in [-0.05, 0) is 18.6 Å². The Labute approximate surface area is 101 Å². The molecule has 0 aliphatic heterocycles. The zero-order valence-corrected chi connectivity index (χ0v) is 10.5. The lowest BCUT2D eigenvalue weighted by Crippen LogP contribution is -1.97. The largest absolute Gasteiger partial charge is 0.492 e. The minimum absolute atomic E-state index is 0.480. The van der Waals surface area contributed by atoms with E-state index in [0.717, 1.165) is 11.1 Å². The van der Waals surface area contributed by atoms with Crippen LogP contribution in [0.5, 0.6) is 11.5 Å². The summed E-state index contributed by atoms with van der Waals surface area (Å²) in [5.41, 5.74) is 7.39. The molecule has 0 spiro atoms. The fourth-order valence-corrected chi connectivity index (χ4v) is 1.86. The molecule has 0 radical (unpaired) electrons. The molecule has 88 valence electrons. The van der Waals surface area contributed by atoms with E-state index in [1.165, 1.54) is 0 Å². The van der Waals surface area contributed by atoms with E-state index in [2.05, 4.69) is 0 Å². The van der Waals surface area contributed by atoms with Crippen LogP contribution < -0.4 is 15.2 Å². The standard InChI is InChI=1S/C12H16ClNO2/c1-8-7-10(13)12(16-3)11(15-2)9(8)5-4-6-14/h4-5,7H,6,14H2,1-3H3/b5-4+. The second-order valence-electron chi connectivity index (χ2n) is 3.29. The Hall–Kier alpha value is -1.19. The summed E-state index contributed by atoms with van der Waals surface area (Å²) in [6, 6.07) is 1.85. The Morgan fingerprint density at radius 1 is 1.31 bits per heavy atom. The maximum atomic E-state index is 6.07. The van der Waals surface area contributed by atoms with Gasteiger partial charge in [0.15, 0.2) is 11.5 Å². The summed E-state index contributed by atoms with van der Waals surface area (Å²) in [4.78, 5) is 0. The Morgan fingerprint density at radius 3 is 2.44 bits per heavy atom. The van der Waals surface area contributed by atoms with Crippen molar-refractivity contribution in [3.05, 3.63) is 28.3 Å². The lowest BCUT2D eigenvalue weighted by atomic mass is 10.1. The van der Waals surface area contributed by atoms with Gasteiger partial charge in [-0.15, -0.1) is 0 Å². The van der Waals surface area contributed by atoms with E-state index in [-0.39, 0.29) is 0 Å². The first-order valence-electron chi connectivity index (χ1n) is 4.93. The Kier molecular flexibility index (Phi) is 4.65. The van der Waals surface area contributed by atoms with Gasteiger partial charge >= 0.3 is 0 Å². The van der Waals surface area contributed by atoms with Gasteiger partial charge < -0.3 is 15.2 Å². The van der Waals surface area contributed by atoms with Crippen LogP contribution in [0.25, 0.3) is 6.08 Å². The number of hydrogen-bond acceptors (Lipinski definition) is 3. The van der Waals surface area contributed by atoms with E-state index in [1.807, 2.05) is 25.1 Å². The highest BCUT2D eigenvalue weighted by atomic mass is 35.5. The SMILES string of the molecule is COc1c(Cl)cc(C)c(/C=C/CN)c1OC. The van der Waals surface area contributed by atoms with Crippen molar-refractivity contribution in [1.29, 1.82) is 0 Å². The van der Waals surface area contributed by atoms with Crippen molar-refractivity contribution in [2.45, 2.75) is 6.92 Å². The maximum absolute atomic E-state index is 6.07. The second kappa shape index (κ2) is 5.77. The number of rotatable bonds is 4. The normalized spacial score (nSPS) is 10.8. The van der Waals surface area contributed by atoms with Gasteiger partial charge in [-0.1, -0.05) is 23.8 Å². The molecule has 3 nitrogen and oxygen atoms in total. The summed E-state index contributed by atoms with van der Waals surface area (Å²) >= 11 is 6.07. The van der Waals surface area contributed by atoms with Crippen molar-refractivity contribution in [3.63, 3.8) is 0 Å². The summed E-state index contributed by atoms with van der Waals surface area (Å²) in [7, 11) is 3.16. The van der Waals surface area contributed by atoms with Crippen LogP contribution in [0.4, 0.5) is 0 Å². The van der Waals surface area contributed by atoms with Gasteiger partial charge in [0.1, 0.15) is 0 Å². The van der Waals surface area contributed by atoms with E-state index >= 15 is 0 Å². The summed E-state index contributed by atoms with van der Waals surface area (Å²) in [6.45, 7) is 2.44. The number of nitrogens with two attached hydrogens (primary N) is 1. The average Bonchev–Trinajstić information content (AvgIpc) is 2.27. The van der Waals surface area contributed by atoms with Crippen LogP contribution in [0.3, 0.4) is 0 Å². The van der Waals surface area contributed by atoms with Gasteiger partial charge in [0.05, 0.1) is 19.2 Å². The van der Waals surface area contributed by atoms with Gasteiger partial charge in [0.2, 0.25) is 0 Å². The lowest BCUT2D eigenvalue weighted by Gasteiger charge is -2.14. The number of halogens is 1. The summed E-state index contributed by atoms with van der Waals surface area (Å²) in [5, 5.41) is 0.543. The molecule has 0 bridgehead atoms. The third-order valence-corrected chi connectivity index (χ3v) is 2.55. The molecule has 16 heavy (non-hydrogen) atoms. The molecule has 0 unspecified atom stereocenters. The zero-order valence-electron chi connectivity index (χ0n) is 9.71. The first-order chi connectivity index (χ1) is 7.65. The Bertz CT molecular complexity index is 402. The Morgan fingerprint density at radius 2 is 1.94 bits per heavy atom. The van der Waals surface area contributed by atoms with Gasteiger partial charge in [0.25, 0.3) is 0 Å². The highest BCUT2D eigenvalue weighted by Gasteiger charge is 2.14. The van der Waals surface area contributed by atoms with E-state index in [1.54, 1.807) is 14.2 Å². The number of methoxy groups -OCH3 is 2. The quantitative estimate of drug-likeness (QED) is 0.882. The fraction of sp³-hybridized carbons (Fsp3) is 0.333. The molecule has 0 amide bonds.